The first-order chi connectivity index (χ1) is 9.34. The Morgan fingerprint density at radius 1 is 1.10 bits per heavy atom. The number of unbranched alkanes of at least 4 members (excludes halogenated alkanes) is 1. The van der Waals surface area contributed by atoms with Gasteiger partial charge in [-0.05, 0) is 25.7 Å². The predicted octanol–water partition coefficient (Wildman–Crippen LogP) is 1.08. The number of carboxylic acids is 1. The van der Waals surface area contributed by atoms with E-state index in [4.69, 9.17) is 10.8 Å². The second-order valence-electron chi connectivity index (χ2n) is 5.26. The van der Waals surface area contributed by atoms with Crippen LogP contribution < -0.4 is 11.1 Å². The Hall–Kier alpha value is -1.43. The number of hydrogen-bond acceptors (Lipinski definition) is 4. The van der Waals surface area contributed by atoms with Gasteiger partial charge in [0.15, 0.2) is 5.78 Å². The zero-order valence-corrected chi connectivity index (χ0v) is 12.4. The lowest BCUT2D eigenvalue weighted by Gasteiger charge is -2.12. The van der Waals surface area contributed by atoms with Crippen molar-refractivity contribution in [1.29, 1.82) is 0 Å². The number of aliphatic carboxylic acids is 1. The minimum atomic E-state index is -0.887. The molecule has 0 bridgehead atoms. The zero-order chi connectivity index (χ0) is 15.5. The standard InChI is InChI=1S/C14H26N2O4/c1-10(2)14(20)11(15)6-3-4-9-16-12(17)7-5-8-13(18)19/h10-11H,3-9,15H2,1-2H3,(H,16,17)(H,18,19). The zero-order valence-electron chi connectivity index (χ0n) is 12.4. The van der Waals surface area contributed by atoms with Crippen LogP contribution in [0.1, 0.15) is 52.4 Å². The molecule has 1 atom stereocenters. The minimum Gasteiger partial charge on any atom is -0.481 e. The highest BCUT2D eigenvalue weighted by Gasteiger charge is 2.16. The summed E-state index contributed by atoms with van der Waals surface area (Å²) < 4.78 is 0. The molecule has 6 heteroatoms. The highest BCUT2D eigenvalue weighted by atomic mass is 16.4. The molecule has 0 aromatic rings. The Balaban J connectivity index is 3.54. The average molecular weight is 286 g/mol. The smallest absolute Gasteiger partial charge is 0.303 e. The highest BCUT2D eigenvalue weighted by molar-refractivity contribution is 5.85. The summed E-state index contributed by atoms with van der Waals surface area (Å²) in [6.45, 7) is 4.20. The van der Waals surface area contributed by atoms with Crippen molar-refractivity contribution in [3.05, 3.63) is 0 Å². The molecule has 20 heavy (non-hydrogen) atoms. The number of amides is 1. The molecular formula is C14H26N2O4. The molecule has 0 aliphatic heterocycles. The molecule has 0 aromatic carbocycles. The number of nitrogens with two attached hydrogens (primary N) is 1. The maximum absolute atomic E-state index is 11.5. The molecule has 4 N–H and O–H groups in total. The van der Waals surface area contributed by atoms with Crippen LogP contribution in [-0.2, 0) is 14.4 Å². The number of rotatable bonds is 11. The molecule has 6 nitrogen and oxygen atoms in total. The molecule has 0 saturated heterocycles. The Morgan fingerprint density at radius 2 is 1.75 bits per heavy atom. The SMILES string of the molecule is CC(C)C(=O)C(N)CCCCNC(=O)CCCC(=O)O. The van der Waals surface area contributed by atoms with Crippen LogP contribution in [0.15, 0.2) is 0 Å². The van der Waals surface area contributed by atoms with E-state index in [1.54, 1.807) is 0 Å². The van der Waals surface area contributed by atoms with Crippen molar-refractivity contribution >= 4 is 17.7 Å². The molecule has 1 unspecified atom stereocenters. The molecule has 0 rings (SSSR count). The van der Waals surface area contributed by atoms with Gasteiger partial charge in [-0.25, -0.2) is 0 Å². The predicted molar refractivity (Wildman–Crippen MR) is 76.2 cm³/mol. The minimum absolute atomic E-state index is 0.0135. The molecule has 0 radical (unpaired) electrons. The van der Waals surface area contributed by atoms with Crippen molar-refractivity contribution in [2.75, 3.05) is 6.54 Å². The van der Waals surface area contributed by atoms with E-state index in [1.807, 2.05) is 13.8 Å². The second kappa shape index (κ2) is 10.4. The van der Waals surface area contributed by atoms with Crippen molar-refractivity contribution in [2.24, 2.45) is 11.7 Å². The largest absolute Gasteiger partial charge is 0.481 e. The maximum Gasteiger partial charge on any atom is 0.303 e. The summed E-state index contributed by atoms with van der Waals surface area (Å²) in [6, 6.07) is -0.415. The van der Waals surface area contributed by atoms with Gasteiger partial charge in [0, 0.05) is 25.3 Å². The summed E-state index contributed by atoms with van der Waals surface area (Å²) in [7, 11) is 0. The third kappa shape index (κ3) is 9.49. The van der Waals surface area contributed by atoms with Gasteiger partial charge in [-0.1, -0.05) is 13.8 Å². The van der Waals surface area contributed by atoms with Crippen molar-refractivity contribution < 1.29 is 19.5 Å². The van der Waals surface area contributed by atoms with Gasteiger partial charge in [-0.2, -0.15) is 0 Å². The van der Waals surface area contributed by atoms with Crippen molar-refractivity contribution in [1.82, 2.24) is 5.32 Å². The van der Waals surface area contributed by atoms with Gasteiger partial charge in [0.2, 0.25) is 5.91 Å². The van der Waals surface area contributed by atoms with E-state index in [-0.39, 0.29) is 30.4 Å². The topological polar surface area (TPSA) is 109 Å². The lowest BCUT2D eigenvalue weighted by Crippen LogP contribution is -2.33. The summed E-state index contributed by atoms with van der Waals surface area (Å²) in [5.74, 6) is -0.989. The number of carbonyl (C=O) groups is 3. The summed E-state index contributed by atoms with van der Waals surface area (Å²) in [5.41, 5.74) is 5.76. The first-order valence-electron chi connectivity index (χ1n) is 7.12. The second-order valence-corrected chi connectivity index (χ2v) is 5.26. The van der Waals surface area contributed by atoms with E-state index < -0.39 is 12.0 Å². The lowest BCUT2D eigenvalue weighted by molar-refractivity contribution is -0.137. The van der Waals surface area contributed by atoms with Crippen molar-refractivity contribution in [3.63, 3.8) is 0 Å². The molecule has 1 amide bonds. The number of ketones is 1. The van der Waals surface area contributed by atoms with E-state index >= 15 is 0 Å². The summed E-state index contributed by atoms with van der Waals surface area (Å²) in [4.78, 5) is 33.2. The molecule has 0 fully saturated rings. The third-order valence-corrected chi connectivity index (χ3v) is 2.99. The fourth-order valence-corrected chi connectivity index (χ4v) is 1.78. The van der Waals surface area contributed by atoms with E-state index in [0.29, 0.717) is 19.4 Å². The highest BCUT2D eigenvalue weighted by Crippen LogP contribution is 2.05. The van der Waals surface area contributed by atoms with Crippen molar-refractivity contribution in [3.8, 4) is 0 Å². The van der Waals surface area contributed by atoms with Crippen LogP contribution in [0.4, 0.5) is 0 Å². The van der Waals surface area contributed by atoms with E-state index in [1.165, 1.54) is 0 Å². The fourth-order valence-electron chi connectivity index (χ4n) is 1.78. The molecule has 0 aromatic heterocycles. The third-order valence-electron chi connectivity index (χ3n) is 2.99. The van der Waals surface area contributed by atoms with Gasteiger partial charge in [0.25, 0.3) is 0 Å². The van der Waals surface area contributed by atoms with E-state index in [2.05, 4.69) is 5.32 Å². The van der Waals surface area contributed by atoms with Crippen LogP contribution in [0.3, 0.4) is 0 Å². The van der Waals surface area contributed by atoms with Crippen molar-refractivity contribution in [2.45, 2.75) is 58.4 Å². The van der Waals surface area contributed by atoms with Crippen LogP contribution in [0.2, 0.25) is 0 Å². The Bertz CT molecular complexity index is 329. The molecular weight excluding hydrogens is 260 g/mol. The Labute approximate surface area is 120 Å². The molecule has 116 valence electrons. The average Bonchev–Trinajstić information content (AvgIpc) is 2.36. The van der Waals surface area contributed by atoms with E-state index in [9.17, 15) is 14.4 Å². The quantitative estimate of drug-likeness (QED) is 0.492. The summed E-state index contributed by atoms with van der Waals surface area (Å²) in [5, 5.41) is 11.2. The summed E-state index contributed by atoms with van der Waals surface area (Å²) >= 11 is 0. The number of hydrogen-bond donors (Lipinski definition) is 3. The van der Waals surface area contributed by atoms with Gasteiger partial charge in [-0.15, -0.1) is 0 Å². The first-order valence-corrected chi connectivity index (χ1v) is 7.12. The maximum atomic E-state index is 11.5. The normalized spacial score (nSPS) is 12.2. The molecule has 0 aliphatic rings. The van der Waals surface area contributed by atoms with Gasteiger partial charge in [0.1, 0.15) is 0 Å². The fraction of sp³-hybridized carbons (Fsp3) is 0.786. The van der Waals surface area contributed by atoms with Gasteiger partial charge in [-0.3, -0.25) is 14.4 Å². The lowest BCUT2D eigenvalue weighted by atomic mass is 9.98. The van der Waals surface area contributed by atoms with E-state index in [0.717, 1.165) is 12.8 Å². The molecule has 0 aliphatic carbocycles. The number of Topliss-reactive ketones (excluding diaryl/α,β-unsaturated/α-hetero) is 1. The molecule has 0 heterocycles. The van der Waals surface area contributed by atoms with Gasteiger partial charge in [0.05, 0.1) is 6.04 Å². The summed E-state index contributed by atoms with van der Waals surface area (Å²) in [6.07, 6.45) is 2.79. The Kier molecular flexibility index (Phi) is 9.63. The van der Waals surface area contributed by atoms with Gasteiger partial charge < -0.3 is 16.2 Å². The first kappa shape index (κ1) is 18.6. The monoisotopic (exact) mass is 286 g/mol. The van der Waals surface area contributed by atoms with Crippen LogP contribution >= 0.6 is 0 Å². The number of carboxylic acid groups (broad SMARTS) is 1. The number of nitrogens with one attached hydrogen (secondary N) is 1. The van der Waals surface area contributed by atoms with Crippen LogP contribution in [-0.4, -0.2) is 35.4 Å². The van der Waals surface area contributed by atoms with Crippen LogP contribution in [0.5, 0.6) is 0 Å². The molecule has 0 spiro atoms. The Morgan fingerprint density at radius 3 is 2.30 bits per heavy atom. The van der Waals surface area contributed by atoms with Crippen LogP contribution in [0, 0.1) is 5.92 Å². The van der Waals surface area contributed by atoms with Crippen LogP contribution in [0.25, 0.3) is 0 Å². The number of carbonyl (C=O) groups excluding carboxylic acids is 2. The molecule has 0 saturated carbocycles. The van der Waals surface area contributed by atoms with Gasteiger partial charge >= 0.3 is 5.97 Å².